The Bertz CT molecular complexity index is 662. The molecule has 24 heavy (non-hydrogen) atoms. The molecule has 1 unspecified atom stereocenters. The zero-order valence-corrected chi connectivity index (χ0v) is 13.8. The van der Waals surface area contributed by atoms with Crippen molar-refractivity contribution in [3.05, 3.63) is 41.8 Å². The first-order valence-corrected chi connectivity index (χ1v) is 8.75. The summed E-state index contributed by atoms with van der Waals surface area (Å²) in [6, 6.07) is 7.28. The van der Waals surface area contributed by atoms with Gasteiger partial charge in [0.25, 0.3) is 0 Å². The lowest BCUT2D eigenvalue weighted by Gasteiger charge is -2.32. The number of piperazine rings is 1. The van der Waals surface area contributed by atoms with Crippen molar-refractivity contribution in [2.75, 3.05) is 39.3 Å². The third-order valence-corrected chi connectivity index (χ3v) is 5.16. The number of rotatable bonds is 4. The van der Waals surface area contributed by atoms with Crippen LogP contribution in [0.3, 0.4) is 0 Å². The van der Waals surface area contributed by atoms with Crippen molar-refractivity contribution in [1.82, 2.24) is 25.3 Å². The Labute approximate surface area is 141 Å². The van der Waals surface area contributed by atoms with E-state index in [0.717, 1.165) is 57.1 Å². The highest BCUT2D eigenvalue weighted by molar-refractivity contribution is 5.62. The highest BCUT2D eigenvalue weighted by Gasteiger charge is 2.28. The van der Waals surface area contributed by atoms with Gasteiger partial charge < -0.3 is 5.32 Å². The molecule has 6 heteroatoms. The van der Waals surface area contributed by atoms with Crippen LogP contribution >= 0.6 is 0 Å². The van der Waals surface area contributed by atoms with E-state index in [1.54, 1.807) is 12.1 Å². The molecule has 1 atom stereocenters. The summed E-state index contributed by atoms with van der Waals surface area (Å²) in [5, 5.41) is 10.7. The first-order chi connectivity index (χ1) is 11.8. The van der Waals surface area contributed by atoms with E-state index in [1.165, 1.54) is 24.1 Å². The van der Waals surface area contributed by atoms with E-state index in [-0.39, 0.29) is 5.82 Å². The summed E-state index contributed by atoms with van der Waals surface area (Å²) in [6.07, 6.45) is 3.14. The number of H-pyrrole nitrogens is 1. The van der Waals surface area contributed by atoms with Crippen LogP contribution in [0.1, 0.15) is 12.0 Å². The van der Waals surface area contributed by atoms with E-state index in [4.69, 9.17) is 0 Å². The van der Waals surface area contributed by atoms with Gasteiger partial charge in [0.1, 0.15) is 5.82 Å². The number of benzene rings is 1. The monoisotopic (exact) mass is 329 g/mol. The summed E-state index contributed by atoms with van der Waals surface area (Å²) >= 11 is 0. The van der Waals surface area contributed by atoms with Crippen LogP contribution in [0, 0.1) is 5.82 Å². The SMILES string of the molecule is Fc1ccc(-c2[nH]ncc2CN2CCC(N3CCNCC3)C2)cc1. The molecule has 128 valence electrons. The maximum atomic E-state index is 13.1. The summed E-state index contributed by atoms with van der Waals surface area (Å²) in [7, 11) is 0. The molecule has 2 N–H and O–H groups in total. The molecule has 2 saturated heterocycles. The van der Waals surface area contributed by atoms with Gasteiger partial charge >= 0.3 is 0 Å². The lowest BCUT2D eigenvalue weighted by atomic mass is 10.1. The number of nitrogens with one attached hydrogen (secondary N) is 2. The number of nitrogens with zero attached hydrogens (tertiary/aromatic N) is 3. The fraction of sp³-hybridized carbons (Fsp3) is 0.500. The van der Waals surface area contributed by atoms with Crippen molar-refractivity contribution in [1.29, 1.82) is 0 Å². The molecular formula is C18H24FN5. The van der Waals surface area contributed by atoms with Gasteiger partial charge in [0.15, 0.2) is 0 Å². The van der Waals surface area contributed by atoms with Crippen molar-refractivity contribution in [3.63, 3.8) is 0 Å². The second-order valence-corrected chi connectivity index (χ2v) is 6.74. The first-order valence-electron chi connectivity index (χ1n) is 8.75. The predicted molar refractivity (Wildman–Crippen MR) is 92.1 cm³/mol. The lowest BCUT2D eigenvalue weighted by Crippen LogP contribution is -2.49. The molecule has 2 aliphatic rings. The molecule has 0 aliphatic carbocycles. The van der Waals surface area contributed by atoms with Crippen molar-refractivity contribution >= 4 is 0 Å². The quantitative estimate of drug-likeness (QED) is 0.896. The largest absolute Gasteiger partial charge is 0.314 e. The van der Waals surface area contributed by atoms with Gasteiger partial charge in [-0.15, -0.1) is 0 Å². The summed E-state index contributed by atoms with van der Waals surface area (Å²) in [6.45, 7) is 7.67. The summed E-state index contributed by atoms with van der Waals surface area (Å²) in [4.78, 5) is 5.12. The highest BCUT2D eigenvalue weighted by atomic mass is 19.1. The second kappa shape index (κ2) is 7.01. The Morgan fingerprint density at radius 1 is 1.12 bits per heavy atom. The third-order valence-electron chi connectivity index (χ3n) is 5.16. The molecule has 0 saturated carbocycles. The maximum absolute atomic E-state index is 13.1. The van der Waals surface area contributed by atoms with Crippen molar-refractivity contribution in [2.24, 2.45) is 0 Å². The molecule has 2 aromatic rings. The molecule has 2 aliphatic heterocycles. The number of hydrogen-bond acceptors (Lipinski definition) is 4. The number of likely N-dealkylation sites (tertiary alicyclic amines) is 1. The smallest absolute Gasteiger partial charge is 0.123 e. The van der Waals surface area contributed by atoms with E-state index >= 15 is 0 Å². The van der Waals surface area contributed by atoms with Gasteiger partial charge in [0.2, 0.25) is 0 Å². The molecule has 2 fully saturated rings. The van der Waals surface area contributed by atoms with Gasteiger partial charge in [-0.3, -0.25) is 14.9 Å². The van der Waals surface area contributed by atoms with Crippen LogP contribution in [0.25, 0.3) is 11.3 Å². The number of halogens is 1. The van der Waals surface area contributed by atoms with Crippen molar-refractivity contribution in [3.8, 4) is 11.3 Å². The van der Waals surface area contributed by atoms with Crippen molar-refractivity contribution < 1.29 is 4.39 Å². The third kappa shape index (κ3) is 3.36. The van der Waals surface area contributed by atoms with Crippen LogP contribution in [0.5, 0.6) is 0 Å². The van der Waals surface area contributed by atoms with Crippen LogP contribution in [0.2, 0.25) is 0 Å². The summed E-state index contributed by atoms with van der Waals surface area (Å²) < 4.78 is 13.1. The van der Waals surface area contributed by atoms with Gasteiger partial charge in [-0.25, -0.2) is 4.39 Å². The number of aromatic nitrogens is 2. The molecule has 1 aromatic heterocycles. The van der Waals surface area contributed by atoms with E-state index < -0.39 is 0 Å². The van der Waals surface area contributed by atoms with Gasteiger partial charge in [0.05, 0.1) is 11.9 Å². The van der Waals surface area contributed by atoms with Gasteiger partial charge in [-0.1, -0.05) is 0 Å². The normalized spacial score (nSPS) is 23.0. The van der Waals surface area contributed by atoms with Gasteiger partial charge in [-0.05, 0) is 30.7 Å². The van der Waals surface area contributed by atoms with Crippen LogP contribution < -0.4 is 5.32 Å². The molecule has 0 spiro atoms. The summed E-state index contributed by atoms with van der Waals surface area (Å²) in [5.74, 6) is -0.210. The van der Waals surface area contributed by atoms with E-state index in [2.05, 4.69) is 25.3 Å². The molecule has 1 aromatic carbocycles. The Kier molecular flexibility index (Phi) is 4.60. The van der Waals surface area contributed by atoms with E-state index in [0.29, 0.717) is 6.04 Å². The molecule has 0 amide bonds. The zero-order chi connectivity index (χ0) is 16.4. The highest BCUT2D eigenvalue weighted by Crippen LogP contribution is 2.25. The van der Waals surface area contributed by atoms with Gasteiger partial charge in [0, 0.05) is 63.0 Å². The number of aromatic amines is 1. The van der Waals surface area contributed by atoms with Crippen LogP contribution in [0.4, 0.5) is 4.39 Å². The van der Waals surface area contributed by atoms with Crippen molar-refractivity contribution in [2.45, 2.75) is 19.0 Å². The molecule has 0 radical (unpaired) electrons. The summed E-state index contributed by atoms with van der Waals surface area (Å²) in [5.41, 5.74) is 3.17. The average Bonchev–Trinajstić information content (AvgIpc) is 3.27. The minimum atomic E-state index is -0.210. The van der Waals surface area contributed by atoms with Crippen LogP contribution in [-0.4, -0.2) is 65.3 Å². The Morgan fingerprint density at radius 3 is 2.71 bits per heavy atom. The standard InChI is InChI=1S/C18H24FN5/c19-16-3-1-14(2-4-16)18-15(11-21-22-18)12-23-8-5-17(13-23)24-9-6-20-7-10-24/h1-4,11,17,20H,5-10,12-13H2,(H,21,22). The Hall–Kier alpha value is -1.76. The second-order valence-electron chi connectivity index (χ2n) is 6.74. The maximum Gasteiger partial charge on any atom is 0.123 e. The number of hydrogen-bond donors (Lipinski definition) is 2. The minimum Gasteiger partial charge on any atom is -0.314 e. The van der Waals surface area contributed by atoms with Crippen LogP contribution in [-0.2, 0) is 6.54 Å². The van der Waals surface area contributed by atoms with E-state index in [9.17, 15) is 4.39 Å². The molecular weight excluding hydrogens is 305 g/mol. The fourth-order valence-corrected chi connectivity index (χ4v) is 3.84. The zero-order valence-electron chi connectivity index (χ0n) is 13.8. The Balaban J connectivity index is 1.41. The lowest BCUT2D eigenvalue weighted by molar-refractivity contribution is 0.170. The Morgan fingerprint density at radius 2 is 1.92 bits per heavy atom. The van der Waals surface area contributed by atoms with Gasteiger partial charge in [-0.2, -0.15) is 5.10 Å². The predicted octanol–water partition coefficient (Wildman–Crippen LogP) is 1.70. The molecule has 4 rings (SSSR count). The molecule has 5 nitrogen and oxygen atoms in total. The van der Waals surface area contributed by atoms with Crippen LogP contribution in [0.15, 0.2) is 30.5 Å². The average molecular weight is 329 g/mol. The topological polar surface area (TPSA) is 47.2 Å². The molecule has 0 bridgehead atoms. The molecule has 3 heterocycles. The first kappa shape index (κ1) is 15.7. The minimum absolute atomic E-state index is 0.210. The van der Waals surface area contributed by atoms with E-state index in [1.807, 2.05) is 6.20 Å². The fourth-order valence-electron chi connectivity index (χ4n) is 3.84.